The first-order valence-corrected chi connectivity index (χ1v) is 18.1. The van der Waals surface area contributed by atoms with Crippen LogP contribution in [0.1, 0.15) is 81.9 Å². The van der Waals surface area contributed by atoms with Crippen molar-refractivity contribution >= 4 is 35.3 Å². The number of Topliss-reactive ketones (excluding diaryl/α,β-unsaturated/α-hetero) is 1. The molecule has 0 aromatic heterocycles. The van der Waals surface area contributed by atoms with Gasteiger partial charge in [-0.25, -0.2) is 0 Å². The zero-order chi connectivity index (χ0) is 36.8. The topological polar surface area (TPSA) is 166 Å². The summed E-state index contributed by atoms with van der Waals surface area (Å²) in [6.45, 7) is 5.93. The fraction of sp³-hybridized carbons (Fsp3) is 0.487. The molecule has 51 heavy (non-hydrogen) atoms. The monoisotopic (exact) mass is 700 g/mol. The molecule has 2 aromatic carbocycles. The third-order valence-electron chi connectivity index (χ3n) is 9.23. The van der Waals surface area contributed by atoms with Crippen LogP contribution in [-0.2, 0) is 35.2 Å². The highest BCUT2D eigenvalue weighted by Crippen LogP contribution is 2.31. The Balaban J connectivity index is 1.41. The molecule has 0 radical (unpaired) electrons. The first-order chi connectivity index (χ1) is 24.5. The van der Waals surface area contributed by atoms with Crippen molar-refractivity contribution < 1.29 is 28.8 Å². The Morgan fingerprint density at radius 2 is 1.57 bits per heavy atom. The molecule has 12 nitrogen and oxygen atoms in total. The van der Waals surface area contributed by atoms with Gasteiger partial charge in [0.1, 0.15) is 6.04 Å². The molecule has 274 valence electrons. The minimum absolute atomic E-state index is 0.00742. The molecule has 2 atom stereocenters. The molecular formula is C39H52N6O6. The number of carbonyl (C=O) groups is 6. The molecule has 4 rings (SSSR count). The molecule has 0 saturated heterocycles. The maximum atomic E-state index is 13.4. The van der Waals surface area contributed by atoms with Crippen LogP contribution in [0.2, 0.25) is 0 Å². The van der Waals surface area contributed by atoms with Gasteiger partial charge in [0, 0.05) is 44.5 Å². The lowest BCUT2D eigenvalue weighted by atomic mass is 9.95. The number of carbonyl (C=O) groups excluding carboxylic acids is 6. The molecule has 2 unspecified atom stereocenters. The summed E-state index contributed by atoms with van der Waals surface area (Å²) in [6.07, 6.45) is 7.62. The standard InChI is InChI=1S/C39H52N6O6/c1-4-5-6-7-8-15-34(47)40-19-18-35(48)42-25-37(50)45(3)38-26(2)41-24-36(49)44-32(39(51)43-23-33(46)28-16-17-28)21-27-11-9-12-29(20-27)30-13-10-14-31(38)22-30/h9-14,20,22,28,32,38,41H,2,4-8,15-19,21,23-25H2,1,3H3,(H,40,47)(H,42,48)(H,43,51)(H,44,49). The molecule has 12 heteroatoms. The predicted molar refractivity (Wildman–Crippen MR) is 195 cm³/mol. The van der Waals surface area contributed by atoms with E-state index >= 15 is 0 Å². The summed E-state index contributed by atoms with van der Waals surface area (Å²) >= 11 is 0. The minimum atomic E-state index is -0.920. The third kappa shape index (κ3) is 12.4. The lowest BCUT2D eigenvalue weighted by molar-refractivity contribution is -0.133. The summed E-state index contributed by atoms with van der Waals surface area (Å²) in [4.78, 5) is 78.1. The van der Waals surface area contributed by atoms with Crippen molar-refractivity contribution in [2.24, 2.45) is 5.92 Å². The molecule has 4 bridgehead atoms. The van der Waals surface area contributed by atoms with Gasteiger partial charge >= 0.3 is 0 Å². The number of hydrogen-bond acceptors (Lipinski definition) is 7. The number of unbranched alkanes of at least 4 members (excludes halogenated alkanes) is 4. The van der Waals surface area contributed by atoms with Gasteiger partial charge in [0.25, 0.3) is 0 Å². The van der Waals surface area contributed by atoms with E-state index in [4.69, 9.17) is 0 Å². The Labute approximate surface area is 300 Å². The number of hydrogen-bond donors (Lipinski definition) is 5. The molecule has 0 spiro atoms. The number of nitrogens with zero attached hydrogens (tertiary/aromatic N) is 1. The van der Waals surface area contributed by atoms with Gasteiger partial charge in [-0.2, -0.15) is 0 Å². The number of ketones is 1. The molecule has 1 aliphatic carbocycles. The molecule has 2 aromatic rings. The summed E-state index contributed by atoms with van der Waals surface area (Å²) in [5.74, 6) is -1.74. The smallest absolute Gasteiger partial charge is 0.243 e. The van der Waals surface area contributed by atoms with E-state index in [0.29, 0.717) is 12.1 Å². The van der Waals surface area contributed by atoms with Crippen LogP contribution in [0.5, 0.6) is 0 Å². The summed E-state index contributed by atoms with van der Waals surface area (Å²) in [5, 5.41) is 13.9. The van der Waals surface area contributed by atoms with Crippen molar-refractivity contribution in [2.45, 2.75) is 83.2 Å². The molecule has 1 aliphatic heterocycles. The van der Waals surface area contributed by atoms with Crippen LogP contribution >= 0.6 is 0 Å². The number of benzene rings is 2. The van der Waals surface area contributed by atoms with Gasteiger partial charge in [-0.1, -0.05) is 81.7 Å². The Hall–Kier alpha value is -5.00. The molecule has 5 amide bonds. The average molecular weight is 701 g/mol. The SMILES string of the molecule is C=C1NCC(=O)NC(C(=O)NCC(=O)C2CC2)Cc2cccc(c2)-c2cccc(c2)C1N(C)C(=O)CNC(=O)CCNC(=O)CCCCCCC. The molecule has 2 aliphatic rings. The zero-order valence-corrected chi connectivity index (χ0v) is 29.9. The zero-order valence-electron chi connectivity index (χ0n) is 29.9. The van der Waals surface area contributed by atoms with Crippen molar-refractivity contribution in [3.8, 4) is 11.1 Å². The Morgan fingerprint density at radius 1 is 0.863 bits per heavy atom. The van der Waals surface area contributed by atoms with Gasteiger partial charge in [-0.15, -0.1) is 0 Å². The van der Waals surface area contributed by atoms with Crippen LogP contribution in [0.25, 0.3) is 11.1 Å². The van der Waals surface area contributed by atoms with E-state index in [1.54, 1.807) is 7.05 Å². The Kier molecular flexibility index (Phi) is 14.8. The highest BCUT2D eigenvalue weighted by Gasteiger charge is 2.31. The third-order valence-corrected chi connectivity index (χ3v) is 9.23. The van der Waals surface area contributed by atoms with E-state index in [9.17, 15) is 28.8 Å². The fourth-order valence-corrected chi connectivity index (χ4v) is 6.08. The molecule has 1 heterocycles. The fourth-order valence-electron chi connectivity index (χ4n) is 6.08. The van der Waals surface area contributed by atoms with Crippen LogP contribution in [0, 0.1) is 5.92 Å². The van der Waals surface area contributed by atoms with Gasteiger partial charge in [0.05, 0.1) is 25.7 Å². The van der Waals surface area contributed by atoms with Gasteiger partial charge in [0.2, 0.25) is 29.5 Å². The highest BCUT2D eigenvalue weighted by molar-refractivity contribution is 5.93. The minimum Gasteiger partial charge on any atom is -0.378 e. The van der Waals surface area contributed by atoms with E-state index in [1.165, 1.54) is 4.90 Å². The number of amides is 5. The van der Waals surface area contributed by atoms with Crippen LogP contribution in [0.4, 0.5) is 0 Å². The molecule has 1 fully saturated rings. The number of nitrogens with one attached hydrogen (secondary N) is 5. The molecule has 1 saturated carbocycles. The number of likely N-dealkylation sites (N-methyl/N-ethyl adjacent to an activating group) is 1. The van der Waals surface area contributed by atoms with Gasteiger partial charge < -0.3 is 31.5 Å². The maximum absolute atomic E-state index is 13.4. The van der Waals surface area contributed by atoms with Gasteiger partial charge in [-0.3, -0.25) is 28.8 Å². The predicted octanol–water partition coefficient (Wildman–Crippen LogP) is 3.08. The van der Waals surface area contributed by atoms with Crippen LogP contribution in [0.15, 0.2) is 60.8 Å². The van der Waals surface area contributed by atoms with E-state index in [0.717, 1.165) is 67.2 Å². The van der Waals surface area contributed by atoms with E-state index in [2.05, 4.69) is 40.1 Å². The van der Waals surface area contributed by atoms with Crippen LogP contribution in [-0.4, -0.2) is 79.5 Å². The summed E-state index contributed by atoms with van der Waals surface area (Å²) < 4.78 is 0. The largest absolute Gasteiger partial charge is 0.378 e. The first kappa shape index (κ1) is 38.8. The summed E-state index contributed by atoms with van der Waals surface area (Å²) in [6, 6.07) is 13.7. The van der Waals surface area contributed by atoms with Crippen molar-refractivity contribution in [3.63, 3.8) is 0 Å². The maximum Gasteiger partial charge on any atom is 0.243 e. The normalized spacial score (nSPS) is 17.2. The van der Waals surface area contributed by atoms with E-state index in [-0.39, 0.29) is 68.4 Å². The number of rotatable bonds is 16. The van der Waals surface area contributed by atoms with E-state index in [1.807, 2.05) is 48.5 Å². The van der Waals surface area contributed by atoms with Crippen LogP contribution in [0.3, 0.4) is 0 Å². The van der Waals surface area contributed by atoms with Gasteiger partial charge in [-0.05, 0) is 47.6 Å². The average Bonchev–Trinajstić information content (AvgIpc) is 3.97. The number of fused-ring (bicyclic) bond motifs is 5. The summed E-state index contributed by atoms with van der Waals surface area (Å²) in [7, 11) is 1.60. The Morgan fingerprint density at radius 3 is 2.31 bits per heavy atom. The van der Waals surface area contributed by atoms with Crippen molar-refractivity contribution in [2.75, 3.05) is 33.2 Å². The second kappa shape index (κ2) is 19.4. The van der Waals surface area contributed by atoms with Crippen molar-refractivity contribution in [3.05, 3.63) is 71.9 Å². The Bertz CT molecular complexity index is 1590. The van der Waals surface area contributed by atoms with E-state index < -0.39 is 23.9 Å². The van der Waals surface area contributed by atoms with Crippen molar-refractivity contribution in [1.82, 2.24) is 31.5 Å². The molecular weight excluding hydrogens is 648 g/mol. The lowest BCUT2D eigenvalue weighted by Gasteiger charge is -2.31. The molecule has 5 N–H and O–H groups in total. The second-order valence-corrected chi connectivity index (χ2v) is 13.4. The quantitative estimate of drug-likeness (QED) is 0.168. The first-order valence-electron chi connectivity index (χ1n) is 18.1. The van der Waals surface area contributed by atoms with Gasteiger partial charge in [0.15, 0.2) is 5.78 Å². The lowest BCUT2D eigenvalue weighted by Crippen LogP contribution is -2.51. The second-order valence-electron chi connectivity index (χ2n) is 13.4. The highest BCUT2D eigenvalue weighted by atomic mass is 16.2. The van der Waals surface area contributed by atoms with Crippen LogP contribution < -0.4 is 26.6 Å². The van der Waals surface area contributed by atoms with Crippen molar-refractivity contribution in [1.29, 1.82) is 0 Å². The summed E-state index contributed by atoms with van der Waals surface area (Å²) in [5.41, 5.74) is 3.68.